The van der Waals surface area contributed by atoms with Crippen molar-refractivity contribution in [2.45, 2.75) is 6.92 Å². The van der Waals surface area contributed by atoms with Crippen LogP contribution < -0.4 is 10.1 Å². The van der Waals surface area contributed by atoms with Crippen molar-refractivity contribution < 1.29 is 9.26 Å². The normalized spacial score (nSPS) is 10.6. The van der Waals surface area contributed by atoms with E-state index >= 15 is 0 Å². The minimum Gasteiger partial charge on any atom is -0.497 e. The number of nitrogens with one attached hydrogen (secondary N) is 1. The molecule has 7 nitrogen and oxygen atoms in total. The summed E-state index contributed by atoms with van der Waals surface area (Å²) in [6.07, 6.45) is 0. The van der Waals surface area contributed by atoms with Gasteiger partial charge < -0.3 is 14.6 Å². The highest BCUT2D eigenvalue weighted by Gasteiger charge is 2.12. The molecule has 0 saturated carbocycles. The number of methoxy groups -OCH3 is 1. The molecule has 0 aliphatic carbocycles. The molecule has 0 bridgehead atoms. The first-order valence-electron chi connectivity index (χ1n) is 8.37. The van der Waals surface area contributed by atoms with Crippen LogP contribution in [-0.4, -0.2) is 27.4 Å². The Morgan fingerprint density at radius 3 is 2.56 bits per heavy atom. The molecule has 0 saturated heterocycles. The number of aromatic nitrogens is 4. The molecule has 0 fully saturated rings. The Labute approximate surface area is 156 Å². The van der Waals surface area contributed by atoms with Gasteiger partial charge in [-0.2, -0.15) is 4.98 Å². The number of ether oxygens (including phenoxy) is 1. The monoisotopic (exact) mass is 359 g/mol. The summed E-state index contributed by atoms with van der Waals surface area (Å²) in [5.41, 5.74) is 3.43. The molecule has 0 unspecified atom stereocenters. The maximum Gasteiger partial charge on any atom is 0.278 e. The van der Waals surface area contributed by atoms with Crippen LogP contribution in [0.1, 0.15) is 5.56 Å². The van der Waals surface area contributed by atoms with Crippen LogP contribution in [0.15, 0.2) is 65.2 Å². The number of benzene rings is 2. The van der Waals surface area contributed by atoms with Gasteiger partial charge in [-0.1, -0.05) is 41.1 Å². The number of rotatable bonds is 5. The van der Waals surface area contributed by atoms with E-state index in [9.17, 15) is 0 Å². The predicted octanol–water partition coefficient (Wildman–Crippen LogP) is 4.25. The van der Waals surface area contributed by atoms with E-state index in [1.54, 1.807) is 19.2 Å². The van der Waals surface area contributed by atoms with Crippen LogP contribution in [0.3, 0.4) is 0 Å². The van der Waals surface area contributed by atoms with Crippen LogP contribution in [0, 0.1) is 6.92 Å². The van der Waals surface area contributed by atoms with E-state index in [0.717, 1.165) is 17.0 Å². The predicted molar refractivity (Wildman–Crippen MR) is 102 cm³/mol. The zero-order valence-electron chi connectivity index (χ0n) is 14.9. The van der Waals surface area contributed by atoms with Crippen molar-refractivity contribution in [3.8, 4) is 28.7 Å². The lowest BCUT2D eigenvalue weighted by molar-refractivity contribution is 0.415. The summed E-state index contributed by atoms with van der Waals surface area (Å²) in [6, 6.07) is 19.1. The first-order valence-corrected chi connectivity index (χ1v) is 8.37. The Bertz CT molecular complexity index is 1040. The van der Waals surface area contributed by atoms with Crippen LogP contribution in [0.2, 0.25) is 0 Å². The Hall–Kier alpha value is -3.74. The summed E-state index contributed by atoms with van der Waals surface area (Å²) in [4.78, 5) is 4.40. The maximum atomic E-state index is 5.32. The molecule has 2 aromatic carbocycles. The van der Waals surface area contributed by atoms with E-state index < -0.39 is 0 Å². The molecular weight excluding hydrogens is 342 g/mol. The lowest BCUT2D eigenvalue weighted by atomic mass is 10.1. The Kier molecular flexibility index (Phi) is 4.49. The highest BCUT2D eigenvalue weighted by molar-refractivity contribution is 5.61. The average Bonchev–Trinajstić information content (AvgIpc) is 3.19. The van der Waals surface area contributed by atoms with Crippen molar-refractivity contribution in [3.05, 3.63) is 66.2 Å². The van der Waals surface area contributed by atoms with Gasteiger partial charge in [-0.15, -0.1) is 10.2 Å². The molecule has 0 atom stereocenters. The zero-order chi connectivity index (χ0) is 18.6. The molecule has 0 aliphatic heterocycles. The van der Waals surface area contributed by atoms with Crippen molar-refractivity contribution in [2.75, 3.05) is 12.4 Å². The second kappa shape index (κ2) is 7.25. The molecule has 0 spiro atoms. The SMILES string of the molecule is COc1cccc(Nc2ccc(-c3nc(-c4ccc(C)cc4)no3)nn2)c1. The second-order valence-corrected chi connectivity index (χ2v) is 5.95. The van der Waals surface area contributed by atoms with Crippen LogP contribution in [0.4, 0.5) is 11.5 Å². The van der Waals surface area contributed by atoms with Gasteiger partial charge in [0.1, 0.15) is 5.75 Å². The number of hydrogen-bond donors (Lipinski definition) is 1. The number of anilines is 2. The summed E-state index contributed by atoms with van der Waals surface area (Å²) < 4.78 is 10.5. The summed E-state index contributed by atoms with van der Waals surface area (Å²) in [6.45, 7) is 2.03. The molecule has 4 aromatic rings. The van der Waals surface area contributed by atoms with Crippen molar-refractivity contribution in [1.82, 2.24) is 20.3 Å². The van der Waals surface area contributed by atoms with Gasteiger partial charge in [0.15, 0.2) is 11.5 Å². The molecule has 4 rings (SSSR count). The fourth-order valence-corrected chi connectivity index (χ4v) is 2.51. The van der Waals surface area contributed by atoms with Crippen LogP contribution in [-0.2, 0) is 0 Å². The second-order valence-electron chi connectivity index (χ2n) is 5.95. The van der Waals surface area contributed by atoms with E-state index in [1.165, 1.54) is 5.56 Å². The highest BCUT2D eigenvalue weighted by Crippen LogP contribution is 2.23. The van der Waals surface area contributed by atoms with Gasteiger partial charge in [-0.25, -0.2) is 0 Å². The van der Waals surface area contributed by atoms with E-state index in [0.29, 0.717) is 23.2 Å². The minimum absolute atomic E-state index is 0.325. The summed E-state index contributed by atoms with van der Waals surface area (Å²) in [5, 5.41) is 15.5. The first kappa shape index (κ1) is 16.7. The van der Waals surface area contributed by atoms with Crippen molar-refractivity contribution in [2.24, 2.45) is 0 Å². The van der Waals surface area contributed by atoms with Crippen molar-refractivity contribution in [3.63, 3.8) is 0 Å². The van der Waals surface area contributed by atoms with Gasteiger partial charge >= 0.3 is 0 Å². The van der Waals surface area contributed by atoms with Gasteiger partial charge in [-0.05, 0) is 31.2 Å². The largest absolute Gasteiger partial charge is 0.497 e. The first-order chi connectivity index (χ1) is 13.2. The average molecular weight is 359 g/mol. The third kappa shape index (κ3) is 3.77. The summed E-state index contributed by atoms with van der Waals surface area (Å²) in [7, 11) is 1.63. The number of hydrogen-bond acceptors (Lipinski definition) is 7. The number of aryl methyl sites for hydroxylation is 1. The standard InChI is InChI=1S/C20H17N5O2/c1-13-6-8-14(9-7-13)19-22-20(27-25-19)17-10-11-18(24-23-17)21-15-4-3-5-16(12-15)26-2/h3-12H,1-2H3,(H,21,24). The van der Waals surface area contributed by atoms with E-state index in [2.05, 4.69) is 25.7 Å². The molecule has 0 radical (unpaired) electrons. The fourth-order valence-electron chi connectivity index (χ4n) is 2.51. The third-order valence-electron chi connectivity index (χ3n) is 3.96. The fraction of sp³-hybridized carbons (Fsp3) is 0.100. The molecule has 0 aliphatic rings. The minimum atomic E-state index is 0.325. The van der Waals surface area contributed by atoms with Crippen molar-refractivity contribution in [1.29, 1.82) is 0 Å². The molecule has 134 valence electrons. The van der Waals surface area contributed by atoms with Gasteiger partial charge in [0.25, 0.3) is 5.89 Å². The smallest absolute Gasteiger partial charge is 0.278 e. The van der Waals surface area contributed by atoms with Gasteiger partial charge in [0, 0.05) is 17.3 Å². The lowest BCUT2D eigenvalue weighted by Gasteiger charge is -2.06. The maximum absolute atomic E-state index is 5.32. The van der Waals surface area contributed by atoms with Crippen LogP contribution >= 0.6 is 0 Å². The quantitative estimate of drug-likeness (QED) is 0.570. The molecule has 7 heteroatoms. The van der Waals surface area contributed by atoms with E-state index in [1.807, 2.05) is 55.5 Å². The van der Waals surface area contributed by atoms with E-state index in [4.69, 9.17) is 9.26 Å². The molecule has 1 N–H and O–H groups in total. The molecule has 27 heavy (non-hydrogen) atoms. The van der Waals surface area contributed by atoms with Crippen molar-refractivity contribution >= 4 is 11.5 Å². The highest BCUT2D eigenvalue weighted by atomic mass is 16.5. The molecule has 2 heterocycles. The molecule has 0 amide bonds. The Balaban J connectivity index is 1.51. The van der Waals surface area contributed by atoms with Gasteiger partial charge in [-0.3, -0.25) is 0 Å². The topological polar surface area (TPSA) is 86.0 Å². The molecule has 2 aromatic heterocycles. The zero-order valence-corrected chi connectivity index (χ0v) is 14.9. The summed E-state index contributed by atoms with van der Waals surface area (Å²) in [5.74, 6) is 2.21. The Morgan fingerprint density at radius 1 is 0.963 bits per heavy atom. The van der Waals surface area contributed by atoms with Crippen LogP contribution in [0.25, 0.3) is 23.0 Å². The lowest BCUT2D eigenvalue weighted by Crippen LogP contribution is -1.97. The van der Waals surface area contributed by atoms with Crippen LogP contribution in [0.5, 0.6) is 5.75 Å². The Morgan fingerprint density at radius 2 is 1.81 bits per heavy atom. The summed E-state index contributed by atoms with van der Waals surface area (Å²) >= 11 is 0. The van der Waals surface area contributed by atoms with Gasteiger partial charge in [0.05, 0.1) is 7.11 Å². The third-order valence-corrected chi connectivity index (χ3v) is 3.96. The number of nitrogens with zero attached hydrogens (tertiary/aromatic N) is 4. The molecular formula is C20H17N5O2. The van der Waals surface area contributed by atoms with Gasteiger partial charge in [0.2, 0.25) is 5.82 Å². The van der Waals surface area contributed by atoms with E-state index in [-0.39, 0.29) is 0 Å².